The Bertz CT molecular complexity index is 1060. The lowest BCUT2D eigenvalue weighted by Gasteiger charge is -2.30. The van der Waals surface area contributed by atoms with Crippen molar-refractivity contribution in [3.63, 3.8) is 0 Å². The van der Waals surface area contributed by atoms with Gasteiger partial charge in [0, 0.05) is 6.04 Å². The number of rotatable bonds is 8. The van der Waals surface area contributed by atoms with Crippen molar-refractivity contribution in [1.29, 1.82) is 0 Å². The van der Waals surface area contributed by atoms with Gasteiger partial charge in [0.1, 0.15) is 0 Å². The summed E-state index contributed by atoms with van der Waals surface area (Å²) in [6.07, 6.45) is 8.51. The van der Waals surface area contributed by atoms with Crippen molar-refractivity contribution in [1.82, 2.24) is 4.90 Å². The van der Waals surface area contributed by atoms with Crippen LogP contribution in [-0.2, 0) is 4.79 Å². The summed E-state index contributed by atoms with van der Waals surface area (Å²) in [6, 6.07) is 14.2. The van der Waals surface area contributed by atoms with Crippen LogP contribution in [-0.4, -0.2) is 35.2 Å². The minimum absolute atomic E-state index is 0.0482. The standard InChI is InChI=1S/C28H34N2O3S/c1-4-17-33-24-16-13-21(18-25(24)32-5-2)19-26-27(31)30(23-9-7-6-8-10-23)28(34-26)29-22-14-11-20(3)12-15-22/h11-16,18-19,23H,4-10,17H2,1-3H3/b26-19+,29-28?. The second kappa shape index (κ2) is 11.6. The van der Waals surface area contributed by atoms with Crippen molar-refractivity contribution < 1.29 is 14.3 Å². The summed E-state index contributed by atoms with van der Waals surface area (Å²) < 4.78 is 11.6. The quantitative estimate of drug-likeness (QED) is 0.379. The summed E-state index contributed by atoms with van der Waals surface area (Å²) in [5.41, 5.74) is 2.99. The van der Waals surface area contributed by atoms with Gasteiger partial charge in [-0.05, 0) is 80.8 Å². The van der Waals surface area contributed by atoms with Gasteiger partial charge in [-0.15, -0.1) is 0 Å². The first-order chi connectivity index (χ1) is 16.6. The molecule has 2 fully saturated rings. The fourth-order valence-corrected chi connectivity index (χ4v) is 5.38. The lowest BCUT2D eigenvalue weighted by atomic mass is 9.94. The maximum atomic E-state index is 13.6. The fraction of sp³-hybridized carbons (Fsp3) is 0.429. The lowest BCUT2D eigenvalue weighted by Crippen LogP contribution is -2.40. The first kappa shape index (κ1) is 24.4. The highest BCUT2D eigenvalue weighted by molar-refractivity contribution is 8.18. The highest BCUT2D eigenvalue weighted by Gasteiger charge is 2.38. The van der Waals surface area contributed by atoms with E-state index in [9.17, 15) is 4.79 Å². The smallest absolute Gasteiger partial charge is 0.267 e. The van der Waals surface area contributed by atoms with Crippen molar-refractivity contribution in [2.45, 2.75) is 65.3 Å². The molecule has 6 heteroatoms. The van der Waals surface area contributed by atoms with Crippen LogP contribution in [0.25, 0.3) is 6.08 Å². The normalized spacial score (nSPS) is 19.3. The van der Waals surface area contributed by atoms with Gasteiger partial charge in [-0.1, -0.05) is 49.9 Å². The number of aliphatic imine (C=N–C) groups is 1. The Kier molecular flexibility index (Phi) is 8.33. The Morgan fingerprint density at radius 1 is 1.03 bits per heavy atom. The van der Waals surface area contributed by atoms with E-state index in [1.54, 1.807) is 0 Å². The van der Waals surface area contributed by atoms with Crippen molar-refractivity contribution in [2.24, 2.45) is 4.99 Å². The molecule has 0 unspecified atom stereocenters. The maximum absolute atomic E-state index is 13.6. The van der Waals surface area contributed by atoms with Gasteiger partial charge < -0.3 is 9.47 Å². The van der Waals surface area contributed by atoms with E-state index in [0.717, 1.165) is 54.3 Å². The molecule has 2 aromatic rings. The van der Waals surface area contributed by atoms with E-state index >= 15 is 0 Å². The first-order valence-corrected chi connectivity index (χ1v) is 13.2. The van der Waals surface area contributed by atoms with Crippen LogP contribution in [0.15, 0.2) is 52.4 Å². The van der Waals surface area contributed by atoms with E-state index in [-0.39, 0.29) is 11.9 Å². The number of ether oxygens (including phenoxy) is 2. The number of hydrogen-bond donors (Lipinski definition) is 0. The third-order valence-corrected chi connectivity index (χ3v) is 7.05. The molecule has 0 spiro atoms. The van der Waals surface area contributed by atoms with Crippen LogP contribution < -0.4 is 9.47 Å². The lowest BCUT2D eigenvalue weighted by molar-refractivity contribution is -0.124. The molecular weight excluding hydrogens is 444 g/mol. The number of amides is 1. The van der Waals surface area contributed by atoms with E-state index in [4.69, 9.17) is 14.5 Å². The number of amidine groups is 1. The number of hydrogen-bond acceptors (Lipinski definition) is 5. The molecule has 1 amide bonds. The summed E-state index contributed by atoms with van der Waals surface area (Å²) in [5.74, 6) is 1.49. The number of carbonyl (C=O) groups excluding carboxylic acids is 1. The van der Waals surface area contributed by atoms with Gasteiger partial charge in [0.15, 0.2) is 16.7 Å². The van der Waals surface area contributed by atoms with Gasteiger partial charge in [-0.3, -0.25) is 9.69 Å². The second-order valence-electron chi connectivity index (χ2n) is 8.80. The summed E-state index contributed by atoms with van der Waals surface area (Å²) >= 11 is 1.47. The average Bonchev–Trinajstić information content (AvgIpc) is 3.15. The Hall–Kier alpha value is -2.73. The molecule has 0 radical (unpaired) electrons. The topological polar surface area (TPSA) is 51.1 Å². The molecule has 0 N–H and O–H groups in total. The number of thioether (sulfide) groups is 1. The van der Waals surface area contributed by atoms with Crippen LogP contribution in [0.4, 0.5) is 5.69 Å². The fourth-order valence-electron chi connectivity index (χ4n) is 4.32. The van der Waals surface area contributed by atoms with E-state index in [1.807, 2.05) is 48.2 Å². The average molecular weight is 479 g/mol. The van der Waals surface area contributed by atoms with Crippen LogP contribution in [0.5, 0.6) is 11.5 Å². The summed E-state index contributed by atoms with van der Waals surface area (Å²) in [5, 5.41) is 0.778. The summed E-state index contributed by atoms with van der Waals surface area (Å²) in [7, 11) is 0. The zero-order valence-electron chi connectivity index (χ0n) is 20.4. The molecule has 2 aliphatic rings. The zero-order valence-corrected chi connectivity index (χ0v) is 21.2. The van der Waals surface area contributed by atoms with Crippen LogP contribution >= 0.6 is 11.8 Å². The van der Waals surface area contributed by atoms with Gasteiger partial charge >= 0.3 is 0 Å². The molecule has 1 aliphatic carbocycles. The molecule has 1 aliphatic heterocycles. The minimum Gasteiger partial charge on any atom is -0.490 e. The Morgan fingerprint density at radius 2 is 1.79 bits per heavy atom. The molecular formula is C28H34N2O3S. The predicted octanol–water partition coefficient (Wildman–Crippen LogP) is 7.12. The molecule has 5 nitrogen and oxygen atoms in total. The largest absolute Gasteiger partial charge is 0.490 e. The Labute approximate surface area is 207 Å². The van der Waals surface area contributed by atoms with E-state index in [1.165, 1.54) is 23.7 Å². The molecule has 0 aromatic heterocycles. The Morgan fingerprint density at radius 3 is 2.50 bits per heavy atom. The maximum Gasteiger partial charge on any atom is 0.267 e. The second-order valence-corrected chi connectivity index (χ2v) is 9.80. The molecule has 0 bridgehead atoms. The number of nitrogens with zero attached hydrogens (tertiary/aromatic N) is 2. The molecule has 0 atom stereocenters. The number of carbonyl (C=O) groups is 1. The SMILES string of the molecule is CCCOc1ccc(/C=C2/SC(=Nc3ccc(C)cc3)N(C3CCCCC3)C2=O)cc1OCC. The molecule has 1 saturated carbocycles. The number of benzene rings is 2. The van der Waals surface area contributed by atoms with E-state index in [0.29, 0.717) is 23.9 Å². The summed E-state index contributed by atoms with van der Waals surface area (Å²) in [6.45, 7) is 7.30. The highest BCUT2D eigenvalue weighted by Crippen LogP contribution is 2.39. The van der Waals surface area contributed by atoms with Crippen molar-refractivity contribution in [3.05, 3.63) is 58.5 Å². The highest BCUT2D eigenvalue weighted by atomic mass is 32.2. The van der Waals surface area contributed by atoms with Gasteiger partial charge in [0.25, 0.3) is 5.91 Å². The molecule has 180 valence electrons. The molecule has 2 aromatic carbocycles. The molecule has 1 heterocycles. The molecule has 4 rings (SSSR count). The van der Waals surface area contributed by atoms with Crippen molar-refractivity contribution in [2.75, 3.05) is 13.2 Å². The van der Waals surface area contributed by atoms with E-state index < -0.39 is 0 Å². The molecule has 1 saturated heterocycles. The third-order valence-electron chi connectivity index (χ3n) is 6.06. The van der Waals surface area contributed by atoms with E-state index in [2.05, 4.69) is 26.0 Å². The zero-order chi connectivity index (χ0) is 23.9. The van der Waals surface area contributed by atoms with Crippen LogP contribution in [0.3, 0.4) is 0 Å². The monoisotopic (exact) mass is 478 g/mol. The first-order valence-electron chi connectivity index (χ1n) is 12.4. The predicted molar refractivity (Wildman–Crippen MR) is 141 cm³/mol. The van der Waals surface area contributed by atoms with Crippen LogP contribution in [0.2, 0.25) is 0 Å². The number of aryl methyl sites for hydroxylation is 1. The Balaban J connectivity index is 1.65. The van der Waals surface area contributed by atoms with Gasteiger partial charge in [-0.2, -0.15) is 0 Å². The van der Waals surface area contributed by atoms with Crippen LogP contribution in [0.1, 0.15) is 63.5 Å². The molecule has 34 heavy (non-hydrogen) atoms. The minimum atomic E-state index is 0.0482. The van der Waals surface area contributed by atoms with Gasteiger partial charge in [0.05, 0.1) is 23.8 Å². The van der Waals surface area contributed by atoms with Crippen LogP contribution in [0, 0.1) is 6.92 Å². The van der Waals surface area contributed by atoms with Gasteiger partial charge in [-0.25, -0.2) is 4.99 Å². The van der Waals surface area contributed by atoms with Gasteiger partial charge in [0.2, 0.25) is 0 Å². The summed E-state index contributed by atoms with van der Waals surface area (Å²) in [4.78, 5) is 21.1. The third kappa shape index (κ3) is 5.84. The van der Waals surface area contributed by atoms with Crippen molar-refractivity contribution >= 4 is 34.6 Å². The van der Waals surface area contributed by atoms with Crippen molar-refractivity contribution in [3.8, 4) is 11.5 Å².